The van der Waals surface area contributed by atoms with Gasteiger partial charge < -0.3 is 19.6 Å². The number of likely N-dealkylation sites (tertiary alicyclic amines) is 1. The maximum absolute atomic E-state index is 13.8. The number of hydrogen-bond acceptors (Lipinski definition) is 5. The monoisotopic (exact) mass is 504 g/mol. The molecule has 3 aliphatic heterocycles. The Bertz CT molecular complexity index is 928. The standard InChI is InChI=1S/C27H36N2O3S.ClH/c1-32-24-13-19-33-25(24)27(31)14-17-28(18-15-27)16-12-23(20-6-3-2-4-7-20)26(30)29-21-8-5-9-22(29)11-10-21;/h2-4,6-7,13,19,21-23,31H,5,8-12,14-18H2,1H3;1H/t21?,22?,23-;/m1./s1. The lowest BCUT2D eigenvalue weighted by molar-refractivity contribution is -0.137. The minimum Gasteiger partial charge on any atom is -0.495 e. The van der Waals surface area contributed by atoms with E-state index in [1.165, 1.54) is 32.1 Å². The lowest BCUT2D eigenvalue weighted by atomic mass is 9.88. The molecule has 1 amide bonds. The minimum absolute atomic E-state index is 0. The smallest absolute Gasteiger partial charge is 0.230 e. The molecule has 3 aliphatic rings. The molecule has 1 N–H and O–H groups in total. The molecule has 1 aromatic carbocycles. The molecule has 7 heteroatoms. The number of carbonyl (C=O) groups excluding carboxylic acids is 1. The average Bonchev–Trinajstić information content (AvgIpc) is 3.43. The molecule has 0 radical (unpaired) electrons. The molecule has 1 aromatic heterocycles. The van der Waals surface area contributed by atoms with E-state index in [4.69, 9.17) is 4.74 Å². The van der Waals surface area contributed by atoms with Gasteiger partial charge in [-0.3, -0.25) is 4.79 Å². The molecule has 5 nitrogen and oxygen atoms in total. The molecule has 2 aromatic rings. The predicted octanol–water partition coefficient (Wildman–Crippen LogP) is 5.18. The zero-order valence-electron chi connectivity index (χ0n) is 20.0. The molecule has 3 saturated heterocycles. The summed E-state index contributed by atoms with van der Waals surface area (Å²) in [5, 5.41) is 13.3. The van der Waals surface area contributed by atoms with E-state index in [-0.39, 0.29) is 18.3 Å². The van der Waals surface area contributed by atoms with Crippen molar-refractivity contribution < 1.29 is 14.6 Å². The van der Waals surface area contributed by atoms with E-state index in [0.29, 0.717) is 30.8 Å². The maximum Gasteiger partial charge on any atom is 0.230 e. The Morgan fingerprint density at radius 3 is 2.44 bits per heavy atom. The maximum atomic E-state index is 13.8. The number of amides is 1. The van der Waals surface area contributed by atoms with Gasteiger partial charge in [0.15, 0.2) is 0 Å². The van der Waals surface area contributed by atoms with Crippen LogP contribution in [0.4, 0.5) is 0 Å². The predicted molar refractivity (Wildman–Crippen MR) is 139 cm³/mol. The fraction of sp³-hybridized carbons (Fsp3) is 0.593. The van der Waals surface area contributed by atoms with Crippen LogP contribution in [0, 0.1) is 0 Å². The number of rotatable bonds is 7. The molecule has 186 valence electrons. The third-order valence-corrected chi connectivity index (χ3v) is 9.23. The number of nitrogens with zero attached hydrogens (tertiary/aromatic N) is 2. The van der Waals surface area contributed by atoms with E-state index in [1.807, 2.05) is 17.5 Å². The Kier molecular flexibility index (Phi) is 8.24. The summed E-state index contributed by atoms with van der Waals surface area (Å²) in [6.07, 6.45) is 8.18. The topological polar surface area (TPSA) is 53.0 Å². The van der Waals surface area contributed by atoms with Gasteiger partial charge in [-0.1, -0.05) is 30.3 Å². The van der Waals surface area contributed by atoms with Crippen molar-refractivity contribution in [3.8, 4) is 5.75 Å². The number of piperidine rings is 2. The number of hydrogen-bond donors (Lipinski definition) is 1. The summed E-state index contributed by atoms with van der Waals surface area (Å²) in [7, 11) is 1.67. The van der Waals surface area contributed by atoms with Gasteiger partial charge in [0.1, 0.15) is 11.4 Å². The summed E-state index contributed by atoms with van der Waals surface area (Å²) >= 11 is 1.58. The second-order valence-electron chi connectivity index (χ2n) is 10.0. The lowest BCUT2D eigenvalue weighted by Crippen LogP contribution is -2.47. The SMILES string of the molecule is COc1ccsc1C1(O)CCN(CC[C@@H](C(=O)N2C3CCCC2CC3)c2ccccc2)CC1.Cl. The van der Waals surface area contributed by atoms with Crippen LogP contribution in [-0.4, -0.2) is 59.6 Å². The van der Waals surface area contributed by atoms with Crippen molar-refractivity contribution in [3.05, 3.63) is 52.2 Å². The number of ether oxygens (including phenoxy) is 1. The van der Waals surface area contributed by atoms with Gasteiger partial charge in [-0.05, 0) is 74.9 Å². The summed E-state index contributed by atoms with van der Waals surface area (Å²) in [5.41, 5.74) is 0.335. The van der Waals surface area contributed by atoms with Crippen LogP contribution in [0.25, 0.3) is 0 Å². The van der Waals surface area contributed by atoms with Crippen molar-refractivity contribution in [1.82, 2.24) is 9.80 Å². The minimum atomic E-state index is -0.808. The van der Waals surface area contributed by atoms with Crippen molar-refractivity contribution in [3.63, 3.8) is 0 Å². The third-order valence-electron chi connectivity index (χ3n) is 8.14. The molecule has 0 spiro atoms. The molecule has 0 aliphatic carbocycles. The second kappa shape index (κ2) is 11.0. The van der Waals surface area contributed by atoms with Crippen molar-refractivity contribution in [1.29, 1.82) is 0 Å². The Labute approximate surface area is 213 Å². The number of aliphatic hydroxyl groups is 1. The summed E-state index contributed by atoms with van der Waals surface area (Å²) < 4.78 is 5.46. The number of thiophene rings is 1. The van der Waals surface area contributed by atoms with Crippen molar-refractivity contribution in [2.45, 2.75) is 75.0 Å². The average molecular weight is 505 g/mol. The van der Waals surface area contributed by atoms with Crippen LogP contribution in [0.15, 0.2) is 41.8 Å². The van der Waals surface area contributed by atoms with Gasteiger partial charge in [0.2, 0.25) is 5.91 Å². The molecule has 5 rings (SSSR count). The highest BCUT2D eigenvalue weighted by atomic mass is 35.5. The zero-order chi connectivity index (χ0) is 22.8. The first-order valence-corrected chi connectivity index (χ1v) is 13.4. The number of carbonyl (C=O) groups is 1. The first kappa shape index (κ1) is 25.5. The summed E-state index contributed by atoms with van der Waals surface area (Å²) in [4.78, 5) is 19.4. The highest BCUT2D eigenvalue weighted by Crippen LogP contribution is 2.42. The van der Waals surface area contributed by atoms with Gasteiger partial charge >= 0.3 is 0 Å². The summed E-state index contributed by atoms with van der Waals surface area (Å²) in [6, 6.07) is 13.2. The molecule has 2 unspecified atom stereocenters. The second-order valence-corrected chi connectivity index (χ2v) is 10.9. The largest absolute Gasteiger partial charge is 0.495 e. The van der Waals surface area contributed by atoms with E-state index in [9.17, 15) is 9.90 Å². The molecule has 0 saturated carbocycles. The third kappa shape index (κ3) is 5.01. The first-order chi connectivity index (χ1) is 16.1. The molecular formula is C27H37ClN2O3S. The Balaban J connectivity index is 0.00000274. The fourth-order valence-corrected chi connectivity index (χ4v) is 7.28. The van der Waals surface area contributed by atoms with Gasteiger partial charge in [0.25, 0.3) is 0 Å². The normalized spacial score (nSPS) is 24.9. The van der Waals surface area contributed by atoms with Crippen LogP contribution in [0.1, 0.15) is 67.7 Å². The van der Waals surface area contributed by atoms with E-state index in [1.54, 1.807) is 18.4 Å². The van der Waals surface area contributed by atoms with Crippen molar-refractivity contribution in [2.24, 2.45) is 0 Å². The van der Waals surface area contributed by atoms with Gasteiger partial charge in [-0.2, -0.15) is 0 Å². The number of benzene rings is 1. The number of methoxy groups -OCH3 is 1. The summed E-state index contributed by atoms with van der Waals surface area (Å²) in [5.74, 6) is 1.05. The quantitative estimate of drug-likeness (QED) is 0.564. The van der Waals surface area contributed by atoms with Crippen LogP contribution in [-0.2, 0) is 10.4 Å². The van der Waals surface area contributed by atoms with E-state index >= 15 is 0 Å². The van der Waals surface area contributed by atoms with E-state index in [2.05, 4.69) is 34.1 Å². The molecule has 3 fully saturated rings. The van der Waals surface area contributed by atoms with Crippen LogP contribution < -0.4 is 4.74 Å². The first-order valence-electron chi connectivity index (χ1n) is 12.5. The van der Waals surface area contributed by atoms with Crippen LogP contribution in [0.2, 0.25) is 0 Å². The highest BCUT2D eigenvalue weighted by Gasteiger charge is 2.42. The number of halogens is 1. The molecule has 34 heavy (non-hydrogen) atoms. The Morgan fingerprint density at radius 1 is 1.12 bits per heavy atom. The fourth-order valence-electron chi connectivity index (χ4n) is 6.26. The van der Waals surface area contributed by atoms with E-state index < -0.39 is 5.60 Å². The van der Waals surface area contributed by atoms with Gasteiger partial charge in [-0.25, -0.2) is 0 Å². The molecule has 4 heterocycles. The van der Waals surface area contributed by atoms with Gasteiger partial charge in [0, 0.05) is 25.2 Å². The van der Waals surface area contributed by atoms with Crippen LogP contribution in [0.3, 0.4) is 0 Å². The van der Waals surface area contributed by atoms with E-state index in [0.717, 1.165) is 42.2 Å². The Morgan fingerprint density at radius 2 is 1.79 bits per heavy atom. The lowest BCUT2D eigenvalue weighted by Gasteiger charge is -2.39. The highest BCUT2D eigenvalue weighted by molar-refractivity contribution is 7.10. The van der Waals surface area contributed by atoms with Crippen LogP contribution in [0.5, 0.6) is 5.75 Å². The molecular weight excluding hydrogens is 468 g/mol. The van der Waals surface area contributed by atoms with Gasteiger partial charge in [-0.15, -0.1) is 23.7 Å². The van der Waals surface area contributed by atoms with Crippen LogP contribution >= 0.6 is 23.7 Å². The Hall–Kier alpha value is -1.60. The van der Waals surface area contributed by atoms with Crippen molar-refractivity contribution >= 4 is 29.7 Å². The molecule has 2 bridgehead atoms. The van der Waals surface area contributed by atoms with Crippen molar-refractivity contribution in [2.75, 3.05) is 26.7 Å². The summed E-state index contributed by atoms with van der Waals surface area (Å²) in [6.45, 7) is 2.55. The zero-order valence-corrected chi connectivity index (χ0v) is 21.7. The molecule has 3 atom stereocenters. The number of fused-ring (bicyclic) bond motifs is 2. The van der Waals surface area contributed by atoms with Gasteiger partial charge in [0.05, 0.1) is 17.9 Å².